The number of nitrogens with one attached hydrogen (secondary N) is 1. The maximum Gasteiger partial charge on any atom is 0.257 e. The number of hydrogen-bond acceptors (Lipinski definition) is 7. The lowest BCUT2D eigenvalue weighted by Crippen LogP contribution is -2.12. The zero-order chi connectivity index (χ0) is 20.5. The number of aryl methyl sites for hydroxylation is 1. The average Bonchev–Trinajstić information content (AvgIpc) is 3.29. The van der Waals surface area contributed by atoms with Crippen LogP contribution in [-0.2, 0) is 0 Å². The van der Waals surface area contributed by atoms with Crippen molar-refractivity contribution in [3.63, 3.8) is 0 Å². The Kier molecular flexibility index (Phi) is 4.85. The fraction of sp³-hybridized carbons (Fsp3) is 0.158. The summed E-state index contributed by atoms with van der Waals surface area (Å²) in [5, 5.41) is 15.5. The van der Waals surface area contributed by atoms with E-state index in [0.717, 1.165) is 11.3 Å². The smallest absolute Gasteiger partial charge is 0.257 e. The van der Waals surface area contributed by atoms with Gasteiger partial charge in [0.15, 0.2) is 17.3 Å². The molecule has 2 aromatic heterocycles. The summed E-state index contributed by atoms with van der Waals surface area (Å²) in [5.74, 6) is 0.664. The Bertz CT molecular complexity index is 1220. The Hall–Kier alpha value is -3.53. The van der Waals surface area contributed by atoms with Gasteiger partial charge in [0.1, 0.15) is 5.82 Å². The summed E-state index contributed by atoms with van der Waals surface area (Å²) in [4.78, 5) is 13.1. The normalized spacial score (nSPS) is 10.9. The highest BCUT2D eigenvalue weighted by atomic mass is 32.1. The molecular formula is C19H16FN5O3S. The lowest BCUT2D eigenvalue weighted by atomic mass is 10.1. The van der Waals surface area contributed by atoms with Gasteiger partial charge in [-0.2, -0.15) is 4.52 Å². The van der Waals surface area contributed by atoms with Crippen molar-refractivity contribution in [2.45, 2.75) is 6.92 Å². The van der Waals surface area contributed by atoms with E-state index >= 15 is 0 Å². The molecule has 10 heteroatoms. The van der Waals surface area contributed by atoms with Crippen LogP contribution in [0.5, 0.6) is 11.5 Å². The van der Waals surface area contributed by atoms with Gasteiger partial charge in [-0.05, 0) is 36.8 Å². The van der Waals surface area contributed by atoms with Crippen molar-refractivity contribution >= 4 is 27.3 Å². The highest BCUT2D eigenvalue weighted by molar-refractivity contribution is 7.20. The second-order valence-corrected chi connectivity index (χ2v) is 7.07. The third kappa shape index (κ3) is 3.49. The number of methoxy groups -OCH3 is 2. The predicted octanol–water partition coefficient (Wildman–Crippen LogP) is 3.57. The lowest BCUT2D eigenvalue weighted by molar-refractivity contribution is 0.102. The number of fused-ring (bicyclic) bond motifs is 1. The van der Waals surface area contributed by atoms with Crippen LogP contribution in [0.15, 0.2) is 36.4 Å². The molecule has 1 N–H and O–H groups in total. The van der Waals surface area contributed by atoms with Crippen LogP contribution in [-0.4, -0.2) is 39.9 Å². The third-order valence-corrected chi connectivity index (χ3v) is 5.10. The minimum Gasteiger partial charge on any atom is -0.493 e. The van der Waals surface area contributed by atoms with Crippen LogP contribution >= 0.6 is 11.3 Å². The summed E-state index contributed by atoms with van der Waals surface area (Å²) in [5.41, 5.74) is 1.47. The molecule has 1 amide bonds. The maximum atomic E-state index is 13.9. The van der Waals surface area contributed by atoms with Crippen molar-refractivity contribution in [3.05, 3.63) is 53.3 Å². The fourth-order valence-electron chi connectivity index (χ4n) is 2.73. The molecule has 148 valence electrons. The largest absolute Gasteiger partial charge is 0.493 e. The Morgan fingerprint density at radius 1 is 1.10 bits per heavy atom. The molecule has 0 aliphatic rings. The minimum atomic E-state index is -0.362. The van der Waals surface area contributed by atoms with Crippen LogP contribution in [0, 0.1) is 12.7 Å². The van der Waals surface area contributed by atoms with E-state index in [1.54, 1.807) is 37.3 Å². The van der Waals surface area contributed by atoms with Crippen molar-refractivity contribution in [2.75, 3.05) is 19.5 Å². The Balaban J connectivity index is 1.61. The maximum absolute atomic E-state index is 13.9. The summed E-state index contributed by atoms with van der Waals surface area (Å²) in [6.07, 6.45) is 0. The van der Waals surface area contributed by atoms with Crippen LogP contribution in [0.25, 0.3) is 16.3 Å². The second-order valence-electron chi connectivity index (χ2n) is 6.11. The highest BCUT2D eigenvalue weighted by Gasteiger charge is 2.17. The van der Waals surface area contributed by atoms with E-state index in [1.807, 2.05) is 0 Å². The molecule has 0 aliphatic carbocycles. The zero-order valence-corrected chi connectivity index (χ0v) is 16.6. The summed E-state index contributed by atoms with van der Waals surface area (Å²) in [6.45, 7) is 1.68. The number of aromatic nitrogens is 4. The zero-order valence-electron chi connectivity index (χ0n) is 15.8. The van der Waals surface area contributed by atoms with Crippen molar-refractivity contribution in [1.82, 2.24) is 19.8 Å². The summed E-state index contributed by atoms with van der Waals surface area (Å²) < 4.78 is 25.8. The molecule has 0 atom stereocenters. The van der Waals surface area contributed by atoms with Crippen LogP contribution in [0.1, 0.15) is 15.9 Å². The van der Waals surface area contributed by atoms with Crippen molar-refractivity contribution in [2.24, 2.45) is 0 Å². The summed E-state index contributed by atoms with van der Waals surface area (Å²) in [7, 11) is 3.02. The van der Waals surface area contributed by atoms with Gasteiger partial charge in [0, 0.05) is 11.1 Å². The number of rotatable bonds is 5. The molecule has 29 heavy (non-hydrogen) atoms. The van der Waals surface area contributed by atoms with Gasteiger partial charge in [0.2, 0.25) is 10.1 Å². The van der Waals surface area contributed by atoms with E-state index in [-0.39, 0.29) is 11.7 Å². The molecular weight excluding hydrogens is 397 g/mol. The number of halogens is 1. The van der Waals surface area contributed by atoms with Crippen LogP contribution in [0.4, 0.5) is 9.52 Å². The van der Waals surface area contributed by atoms with E-state index in [1.165, 1.54) is 24.8 Å². The second kappa shape index (κ2) is 7.47. The third-order valence-electron chi connectivity index (χ3n) is 4.29. The van der Waals surface area contributed by atoms with Crippen molar-refractivity contribution in [3.8, 4) is 22.9 Å². The molecule has 4 aromatic rings. The standard InChI is InChI=1S/C19H16FN5O3S/c1-10-4-5-11(8-13(10)20)16-22-23-19-25(16)24-18(29-19)21-17(26)12-6-7-14(27-2)15(9-12)28-3/h4-9H,1-3H3,(H,21,24,26). The molecule has 0 radical (unpaired) electrons. The van der Waals surface area contributed by atoms with E-state index in [9.17, 15) is 9.18 Å². The van der Waals surface area contributed by atoms with E-state index in [2.05, 4.69) is 20.6 Å². The van der Waals surface area contributed by atoms with Crippen LogP contribution < -0.4 is 14.8 Å². The first-order chi connectivity index (χ1) is 14.0. The van der Waals surface area contributed by atoms with Crippen LogP contribution in [0.3, 0.4) is 0 Å². The number of hydrogen-bond donors (Lipinski definition) is 1. The quantitative estimate of drug-likeness (QED) is 0.538. The fourth-order valence-corrected chi connectivity index (χ4v) is 3.46. The van der Waals surface area contributed by atoms with Gasteiger partial charge in [0.05, 0.1) is 14.2 Å². The Morgan fingerprint density at radius 3 is 2.62 bits per heavy atom. The number of carbonyl (C=O) groups excluding carboxylic acids is 1. The monoisotopic (exact) mass is 413 g/mol. The summed E-state index contributed by atoms with van der Waals surface area (Å²) >= 11 is 1.16. The molecule has 8 nitrogen and oxygen atoms in total. The molecule has 0 spiro atoms. The molecule has 4 rings (SSSR count). The molecule has 0 fully saturated rings. The first-order valence-corrected chi connectivity index (χ1v) is 9.34. The predicted molar refractivity (Wildman–Crippen MR) is 106 cm³/mol. The first-order valence-electron chi connectivity index (χ1n) is 8.52. The van der Waals surface area contributed by atoms with E-state index in [0.29, 0.717) is 44.1 Å². The number of ether oxygens (including phenoxy) is 2. The topological polar surface area (TPSA) is 90.6 Å². The number of carbonyl (C=O) groups is 1. The molecule has 2 aromatic carbocycles. The van der Waals surface area contributed by atoms with Crippen molar-refractivity contribution < 1.29 is 18.7 Å². The SMILES string of the molecule is COc1ccc(C(=O)Nc2nn3c(-c4ccc(C)c(F)c4)nnc3s2)cc1OC. The first kappa shape index (κ1) is 18.8. The van der Waals surface area contributed by atoms with Crippen LogP contribution in [0.2, 0.25) is 0 Å². The van der Waals surface area contributed by atoms with Gasteiger partial charge in [0.25, 0.3) is 5.91 Å². The van der Waals surface area contributed by atoms with Crippen molar-refractivity contribution in [1.29, 1.82) is 0 Å². The van der Waals surface area contributed by atoms with E-state index in [4.69, 9.17) is 9.47 Å². The number of anilines is 1. The molecule has 0 aliphatic heterocycles. The Morgan fingerprint density at radius 2 is 1.90 bits per heavy atom. The summed E-state index contributed by atoms with van der Waals surface area (Å²) in [6, 6.07) is 9.64. The number of amides is 1. The van der Waals surface area contributed by atoms with E-state index < -0.39 is 0 Å². The van der Waals surface area contributed by atoms with Gasteiger partial charge in [-0.15, -0.1) is 15.3 Å². The molecule has 0 bridgehead atoms. The molecule has 2 heterocycles. The lowest BCUT2D eigenvalue weighted by Gasteiger charge is -2.09. The van der Waals surface area contributed by atoms with Gasteiger partial charge in [-0.3, -0.25) is 10.1 Å². The van der Waals surface area contributed by atoms with Gasteiger partial charge < -0.3 is 9.47 Å². The van der Waals surface area contributed by atoms with Gasteiger partial charge in [-0.1, -0.05) is 23.5 Å². The Labute approximate surface area is 168 Å². The minimum absolute atomic E-state index is 0.337. The molecule has 0 unspecified atom stereocenters. The number of nitrogens with zero attached hydrogens (tertiary/aromatic N) is 4. The highest BCUT2D eigenvalue weighted by Crippen LogP contribution is 2.29. The van der Waals surface area contributed by atoms with Gasteiger partial charge >= 0.3 is 0 Å². The molecule has 0 saturated carbocycles. The van der Waals surface area contributed by atoms with Gasteiger partial charge in [-0.25, -0.2) is 4.39 Å². The number of benzene rings is 2. The molecule has 0 saturated heterocycles. The average molecular weight is 413 g/mol.